The number of carbonyl (C=O) groups is 4. The fraction of sp³-hybridized carbons (Fsp3) is 0.500. The highest BCUT2D eigenvalue weighted by atomic mass is 32.2. The highest BCUT2D eigenvalue weighted by molar-refractivity contribution is 8.14. The van der Waals surface area contributed by atoms with Crippen LogP contribution in [0, 0.1) is 17.6 Å². The normalized spacial score (nSPS) is 29.1. The number of nitrogens with zero attached hydrogens (tertiary/aromatic N) is 2. The Kier molecular flexibility index (Phi) is 10.2. The van der Waals surface area contributed by atoms with Crippen molar-refractivity contribution >= 4 is 45.5 Å². The molecule has 2 aromatic carbocycles. The molecule has 1 unspecified atom stereocenters. The summed E-state index contributed by atoms with van der Waals surface area (Å²) in [6, 6.07) is 8.75. The van der Waals surface area contributed by atoms with Crippen LogP contribution in [0.4, 0.5) is 19.3 Å². The monoisotopic (exact) mass is 721 g/mol. The lowest BCUT2D eigenvalue weighted by Gasteiger charge is -2.30. The summed E-state index contributed by atoms with van der Waals surface area (Å²) in [4.78, 5) is 59.0. The van der Waals surface area contributed by atoms with Gasteiger partial charge in [0.25, 0.3) is 5.91 Å². The zero-order chi connectivity index (χ0) is 35.7. The van der Waals surface area contributed by atoms with Crippen molar-refractivity contribution < 1.29 is 32.7 Å². The molecule has 13 heteroatoms. The summed E-state index contributed by atoms with van der Waals surface area (Å²) in [5.41, 5.74) is 0.573. The molecule has 4 amide bonds. The Labute approximate surface area is 299 Å². The van der Waals surface area contributed by atoms with Crippen LogP contribution in [0.25, 0.3) is 0 Å². The van der Waals surface area contributed by atoms with Crippen LogP contribution in [0.15, 0.2) is 54.6 Å². The van der Waals surface area contributed by atoms with Gasteiger partial charge >= 0.3 is 6.09 Å². The number of nitrogens with one attached hydrogen (secondary N) is 3. The number of hydrogen-bond acceptors (Lipinski definition) is 6. The lowest BCUT2D eigenvalue weighted by atomic mass is 10.0. The lowest BCUT2D eigenvalue weighted by molar-refractivity contribution is -0.140. The van der Waals surface area contributed by atoms with Crippen molar-refractivity contribution in [2.75, 3.05) is 11.9 Å². The Hall–Kier alpha value is -4.26. The molecule has 0 bridgehead atoms. The van der Waals surface area contributed by atoms with Crippen molar-refractivity contribution in [3.8, 4) is 0 Å². The van der Waals surface area contributed by atoms with E-state index in [2.05, 4.69) is 21.4 Å². The standard InChI is InChI=1S/C38H45F2N5O5S/c1-2-51(29-17-18-29)43-36(48)38-20-25(38)10-6-4-3-5-7-12-32(41-27-15-13-26(39)14-16-27)35(47)45-22-28(19-33(45)34(46)42-38)50-37(49)44-21-24-9-8-11-31(40)30(24)23-44/h2,6,8-11,13-16,25,28-29,32-33,41H,3-5,7,12,17-23H2,1H3,(H,42,46)(H,43,48)/b10-6-/t25-,28-,32+,33+,38-,51?/m1/s1. The van der Waals surface area contributed by atoms with E-state index in [4.69, 9.17) is 4.74 Å². The van der Waals surface area contributed by atoms with Crippen molar-refractivity contribution in [2.45, 2.75) is 107 Å². The molecule has 0 aromatic heterocycles. The molecule has 0 radical (unpaired) electrons. The van der Waals surface area contributed by atoms with Crippen molar-refractivity contribution in [3.63, 3.8) is 0 Å². The number of ether oxygens (including phenoxy) is 1. The van der Waals surface area contributed by atoms with Gasteiger partial charge in [-0.1, -0.05) is 47.8 Å². The molecule has 2 aliphatic carbocycles. The van der Waals surface area contributed by atoms with Gasteiger partial charge in [0.1, 0.15) is 35.4 Å². The number of rotatable bonds is 6. The molecule has 3 fully saturated rings. The van der Waals surface area contributed by atoms with E-state index in [0.29, 0.717) is 34.9 Å². The van der Waals surface area contributed by atoms with E-state index in [0.717, 1.165) is 38.5 Å². The molecule has 1 saturated heterocycles. The van der Waals surface area contributed by atoms with Crippen LogP contribution in [0.5, 0.6) is 0 Å². The number of halogens is 2. The Morgan fingerprint density at radius 2 is 1.84 bits per heavy atom. The van der Waals surface area contributed by atoms with Crippen LogP contribution in [-0.2, 0) is 32.2 Å². The van der Waals surface area contributed by atoms with Gasteiger partial charge in [-0.05, 0) is 86.7 Å². The van der Waals surface area contributed by atoms with E-state index in [1.165, 1.54) is 28.0 Å². The minimum Gasteiger partial charge on any atom is -0.444 e. The number of carbonyl (C=O) groups excluding carboxylic acids is 4. The van der Waals surface area contributed by atoms with Gasteiger partial charge in [-0.25, -0.2) is 13.6 Å². The number of amides is 4. The molecule has 2 saturated carbocycles. The predicted octanol–water partition coefficient (Wildman–Crippen LogP) is 5.55. The van der Waals surface area contributed by atoms with E-state index < -0.39 is 52.2 Å². The van der Waals surface area contributed by atoms with E-state index >= 15 is 0 Å². The Morgan fingerprint density at radius 3 is 2.59 bits per heavy atom. The number of benzene rings is 2. The smallest absolute Gasteiger partial charge is 0.410 e. The maximum Gasteiger partial charge on any atom is 0.410 e. The molecule has 3 N–H and O–H groups in total. The summed E-state index contributed by atoms with van der Waals surface area (Å²) in [6.45, 7) is 2.17. The van der Waals surface area contributed by atoms with Crippen molar-refractivity contribution in [3.05, 3.63) is 77.4 Å². The van der Waals surface area contributed by atoms with Gasteiger partial charge in [-0.15, -0.1) is 0 Å². The Balaban J connectivity index is 1.14. The van der Waals surface area contributed by atoms with Crippen LogP contribution in [0.3, 0.4) is 0 Å². The minimum atomic E-state index is -1.14. The second-order valence-corrected chi connectivity index (χ2v) is 16.3. The van der Waals surface area contributed by atoms with Gasteiger partial charge in [-0.2, -0.15) is 0 Å². The summed E-state index contributed by atoms with van der Waals surface area (Å²) in [5.74, 6) is -2.02. The summed E-state index contributed by atoms with van der Waals surface area (Å²) in [7, 11) is -0.394. The third-order valence-electron chi connectivity index (χ3n) is 10.6. The van der Waals surface area contributed by atoms with Gasteiger partial charge in [0.2, 0.25) is 11.8 Å². The molecule has 10 nitrogen and oxygen atoms in total. The van der Waals surface area contributed by atoms with Gasteiger partial charge in [0.05, 0.1) is 13.1 Å². The first kappa shape index (κ1) is 35.2. The molecular weight excluding hydrogens is 677 g/mol. The van der Waals surface area contributed by atoms with Crippen molar-refractivity contribution in [1.29, 1.82) is 0 Å². The number of hydrogen-bond donors (Lipinski definition) is 3. The first-order valence-electron chi connectivity index (χ1n) is 18.0. The predicted molar refractivity (Wildman–Crippen MR) is 192 cm³/mol. The first-order valence-corrected chi connectivity index (χ1v) is 19.4. The fourth-order valence-electron chi connectivity index (χ4n) is 7.49. The number of allylic oxidation sites excluding steroid dienone is 1. The average Bonchev–Trinajstić information content (AvgIpc) is 3.99. The largest absolute Gasteiger partial charge is 0.444 e. The second kappa shape index (κ2) is 14.8. The maximum atomic E-state index is 14.4. The number of anilines is 1. The van der Waals surface area contributed by atoms with Gasteiger partial charge in [0.15, 0.2) is 0 Å². The topological polar surface area (TPSA) is 120 Å². The summed E-state index contributed by atoms with van der Waals surface area (Å²) >= 11 is 0. The van der Waals surface area contributed by atoms with Gasteiger partial charge < -0.3 is 25.0 Å². The third kappa shape index (κ3) is 7.68. The molecule has 3 heterocycles. The molecular formula is C38H45F2N5O5S. The molecule has 6 atom stereocenters. The van der Waals surface area contributed by atoms with Crippen LogP contribution in [0.1, 0.15) is 75.8 Å². The number of fused-ring (bicyclic) bond motifs is 3. The molecule has 5 aliphatic rings. The van der Waals surface area contributed by atoms with Gasteiger partial charge in [-0.3, -0.25) is 19.3 Å². The van der Waals surface area contributed by atoms with E-state index in [1.54, 1.807) is 24.3 Å². The van der Waals surface area contributed by atoms with Gasteiger partial charge in [0, 0.05) is 35.4 Å². The molecule has 7 rings (SSSR count). The maximum absolute atomic E-state index is 14.4. The molecule has 0 spiro atoms. The lowest BCUT2D eigenvalue weighted by Crippen LogP contribution is -2.56. The van der Waals surface area contributed by atoms with Crippen molar-refractivity contribution in [1.82, 2.24) is 19.8 Å². The Bertz CT molecular complexity index is 1750. The molecule has 2 aromatic rings. The van der Waals surface area contributed by atoms with E-state index in [-0.39, 0.29) is 49.6 Å². The average molecular weight is 722 g/mol. The fourth-order valence-corrected chi connectivity index (χ4v) is 9.20. The van der Waals surface area contributed by atoms with Crippen LogP contribution >= 0.6 is 10.7 Å². The quantitative estimate of drug-likeness (QED) is 0.266. The highest BCUT2D eigenvalue weighted by Crippen LogP contribution is 2.47. The SMILES string of the molecule is C/C=S(/NC(=O)[C@@]12C[C@H]1/C=C\CCCCC[C@H](Nc1ccc(F)cc1)C(=O)N1C[C@H](OC(=O)N3Cc4cccc(F)c4C3)C[C@H]1C(=O)N2)C1CC1. The van der Waals surface area contributed by atoms with Crippen LogP contribution in [-0.4, -0.2) is 74.5 Å². The van der Waals surface area contributed by atoms with Crippen molar-refractivity contribution in [2.24, 2.45) is 5.92 Å². The Morgan fingerprint density at radius 1 is 1.04 bits per heavy atom. The highest BCUT2D eigenvalue weighted by Gasteiger charge is 2.61. The zero-order valence-electron chi connectivity index (χ0n) is 28.7. The molecule has 51 heavy (non-hydrogen) atoms. The zero-order valence-corrected chi connectivity index (χ0v) is 29.6. The summed E-state index contributed by atoms with van der Waals surface area (Å²) in [5, 5.41) is 8.77. The first-order chi connectivity index (χ1) is 24.6. The summed E-state index contributed by atoms with van der Waals surface area (Å²) in [6.07, 6.45) is 9.04. The van der Waals surface area contributed by atoms with E-state index in [9.17, 15) is 28.0 Å². The molecule has 3 aliphatic heterocycles. The van der Waals surface area contributed by atoms with E-state index in [1.807, 2.05) is 18.4 Å². The molecule has 272 valence electrons. The van der Waals surface area contributed by atoms with Crippen LogP contribution < -0.4 is 15.4 Å². The third-order valence-corrected chi connectivity index (χ3v) is 12.7. The second-order valence-electron chi connectivity index (χ2n) is 14.3. The minimum absolute atomic E-state index is 0.0299. The van der Waals surface area contributed by atoms with Crippen LogP contribution in [0.2, 0.25) is 0 Å². The summed E-state index contributed by atoms with van der Waals surface area (Å²) < 4.78 is 37.3.